The molecule has 5 atom stereocenters. The van der Waals surface area contributed by atoms with Crippen molar-refractivity contribution in [1.29, 1.82) is 0 Å². The molecule has 0 aromatic carbocycles. The zero-order chi connectivity index (χ0) is 76.0. The molecule has 588 valence electrons. The number of hydrogen-bond donors (Lipinski definition) is 3. The van der Waals surface area contributed by atoms with Crippen LogP contribution in [0.2, 0.25) is 0 Å². The highest BCUT2D eigenvalue weighted by molar-refractivity contribution is 7.47. The van der Waals surface area contributed by atoms with Gasteiger partial charge in [-0.2, -0.15) is 0 Å². The minimum atomic E-state index is -5.01. The first-order valence-electron chi connectivity index (χ1n) is 39.0. The average Bonchev–Trinajstić information content (AvgIpc) is 0.930. The van der Waals surface area contributed by atoms with E-state index >= 15 is 0 Å². The SMILES string of the molecule is CC/C=C\C/C=C\C/C=C\C/C=C\C/C=C\CCCC(=O)OCC(COP(=O)(O)OCC(O)COP(=O)(O)OCC(COC(=O)CCCCCCCC/C=C\C/C=C\C/C=C\C/C=C\CC)OC(=O)CCCCCCC/C=C\CCCC)OC(=O)CCC/C=C\C/C=C\C/C=C\C/C=C\C/C=C\CC. The topological polar surface area (TPSA) is 237 Å². The van der Waals surface area contributed by atoms with Crippen LogP contribution in [0.5, 0.6) is 0 Å². The van der Waals surface area contributed by atoms with Gasteiger partial charge in [-0.3, -0.25) is 37.3 Å². The van der Waals surface area contributed by atoms with Crippen LogP contribution in [0.3, 0.4) is 0 Å². The van der Waals surface area contributed by atoms with Gasteiger partial charge in [-0.05, 0) is 161 Å². The van der Waals surface area contributed by atoms with Gasteiger partial charge in [-0.15, -0.1) is 0 Å². The normalized spacial score (nSPS) is 14.9. The second kappa shape index (κ2) is 75.4. The number of unbranched alkanes of at least 4 members (excludes halogenated alkanes) is 15. The molecule has 0 spiro atoms. The molecule has 0 radical (unpaired) electrons. The van der Waals surface area contributed by atoms with Crippen molar-refractivity contribution in [2.45, 2.75) is 290 Å². The summed E-state index contributed by atoms with van der Waals surface area (Å²) in [7, 11) is -10.0. The predicted octanol–water partition coefficient (Wildman–Crippen LogP) is 22.8. The summed E-state index contributed by atoms with van der Waals surface area (Å²) in [6, 6.07) is 0. The monoisotopic (exact) mass is 1490 g/mol. The van der Waals surface area contributed by atoms with E-state index in [2.05, 4.69) is 186 Å². The zero-order valence-corrected chi connectivity index (χ0v) is 65.9. The molecule has 0 fully saturated rings. The first-order chi connectivity index (χ1) is 50.7. The smallest absolute Gasteiger partial charge is 0.462 e. The van der Waals surface area contributed by atoms with E-state index in [1.807, 2.05) is 24.3 Å². The first-order valence-corrected chi connectivity index (χ1v) is 42.0. The van der Waals surface area contributed by atoms with Crippen molar-refractivity contribution in [3.05, 3.63) is 182 Å². The van der Waals surface area contributed by atoms with Crippen LogP contribution in [-0.2, 0) is 65.4 Å². The highest BCUT2D eigenvalue weighted by Gasteiger charge is 2.30. The summed E-state index contributed by atoms with van der Waals surface area (Å²) in [5.74, 6) is -2.35. The largest absolute Gasteiger partial charge is 0.472 e. The maximum absolute atomic E-state index is 13.1. The molecule has 0 aliphatic heterocycles. The summed E-state index contributed by atoms with van der Waals surface area (Å²) in [5.41, 5.74) is 0. The van der Waals surface area contributed by atoms with Gasteiger partial charge < -0.3 is 33.8 Å². The van der Waals surface area contributed by atoms with Crippen LogP contribution in [0.4, 0.5) is 0 Å². The second-order valence-corrected chi connectivity index (χ2v) is 28.1. The van der Waals surface area contributed by atoms with Gasteiger partial charge in [-0.25, -0.2) is 9.13 Å². The number of allylic oxidation sites excluding steroid dienone is 30. The maximum Gasteiger partial charge on any atom is 0.472 e. The average molecular weight is 1490 g/mol. The van der Waals surface area contributed by atoms with Crippen LogP contribution in [-0.4, -0.2) is 96.7 Å². The lowest BCUT2D eigenvalue weighted by Gasteiger charge is -2.21. The number of phosphoric acid groups is 2. The molecule has 104 heavy (non-hydrogen) atoms. The molecule has 3 N–H and O–H groups in total. The molecular formula is C85H136O17P2. The molecule has 0 aliphatic rings. The van der Waals surface area contributed by atoms with Crippen LogP contribution in [0.15, 0.2) is 182 Å². The van der Waals surface area contributed by atoms with E-state index in [4.69, 9.17) is 37.0 Å². The number of aliphatic hydroxyl groups excluding tert-OH is 1. The Morgan fingerprint density at radius 1 is 0.279 bits per heavy atom. The van der Waals surface area contributed by atoms with Crippen molar-refractivity contribution in [3.63, 3.8) is 0 Å². The van der Waals surface area contributed by atoms with Crippen molar-refractivity contribution in [3.8, 4) is 0 Å². The summed E-state index contributed by atoms with van der Waals surface area (Å²) < 4.78 is 68.4. The molecule has 0 heterocycles. The third-order valence-electron chi connectivity index (χ3n) is 15.3. The number of ether oxygens (including phenoxy) is 4. The number of esters is 4. The Hall–Kier alpha value is -5.84. The fourth-order valence-electron chi connectivity index (χ4n) is 9.50. The first kappa shape index (κ1) is 98.2. The minimum absolute atomic E-state index is 0.00291. The van der Waals surface area contributed by atoms with Crippen molar-refractivity contribution in [2.24, 2.45) is 0 Å². The summed E-state index contributed by atoms with van der Waals surface area (Å²) in [5, 5.41) is 10.6. The zero-order valence-electron chi connectivity index (χ0n) is 64.1. The quantitative estimate of drug-likeness (QED) is 0.0169. The van der Waals surface area contributed by atoms with E-state index in [0.29, 0.717) is 38.5 Å². The van der Waals surface area contributed by atoms with Gasteiger partial charge in [0.2, 0.25) is 0 Å². The number of carbonyl (C=O) groups is 4. The van der Waals surface area contributed by atoms with Gasteiger partial charge in [0, 0.05) is 25.7 Å². The fourth-order valence-corrected chi connectivity index (χ4v) is 11.1. The lowest BCUT2D eigenvalue weighted by Crippen LogP contribution is -2.30. The summed E-state index contributed by atoms with van der Waals surface area (Å²) in [6.45, 7) is 4.30. The van der Waals surface area contributed by atoms with Crippen molar-refractivity contribution >= 4 is 39.5 Å². The van der Waals surface area contributed by atoms with Crippen LogP contribution in [0.1, 0.15) is 272 Å². The second-order valence-electron chi connectivity index (χ2n) is 25.1. The van der Waals surface area contributed by atoms with E-state index in [0.717, 1.165) is 167 Å². The molecule has 5 unspecified atom stereocenters. The molecular weight excluding hydrogens is 1350 g/mol. The van der Waals surface area contributed by atoms with Crippen LogP contribution < -0.4 is 0 Å². The van der Waals surface area contributed by atoms with Crippen LogP contribution >= 0.6 is 15.6 Å². The summed E-state index contributed by atoms with van der Waals surface area (Å²) in [6.07, 6.45) is 90.4. The Morgan fingerprint density at radius 3 is 0.827 bits per heavy atom. The lowest BCUT2D eigenvalue weighted by molar-refractivity contribution is -0.161. The molecule has 0 saturated heterocycles. The number of aliphatic hydroxyl groups is 1. The van der Waals surface area contributed by atoms with E-state index < -0.39 is 97.5 Å². The lowest BCUT2D eigenvalue weighted by atomic mass is 10.1. The van der Waals surface area contributed by atoms with Gasteiger partial charge in [0.25, 0.3) is 0 Å². The van der Waals surface area contributed by atoms with E-state index in [1.54, 1.807) is 0 Å². The van der Waals surface area contributed by atoms with Gasteiger partial charge in [0.15, 0.2) is 12.2 Å². The Labute approximate surface area is 628 Å². The number of carbonyl (C=O) groups excluding carboxylic acids is 4. The Kier molecular flexibility index (Phi) is 71.2. The molecule has 0 aromatic rings. The van der Waals surface area contributed by atoms with Crippen molar-refractivity contribution in [2.75, 3.05) is 39.6 Å². The van der Waals surface area contributed by atoms with Crippen LogP contribution in [0.25, 0.3) is 0 Å². The highest BCUT2D eigenvalue weighted by Crippen LogP contribution is 2.45. The third kappa shape index (κ3) is 74.4. The molecule has 0 saturated carbocycles. The standard InChI is InChI=1S/C85H136O17P2/c1-5-9-13-17-21-25-29-32-35-38-39-42-44-47-51-54-58-62-66-70-82(87)95-75-80(101-84(89)71-67-63-59-55-49-28-24-20-16-12-8-4)77-99-103(91,92)97-73-79(86)74-98-104(93,94)100-78-81(102-85(90)72-68-64-60-56-52-48-45-41-37-34-31-27-23-19-15-11-7-3)76-96-83(88)69-65-61-57-53-50-46-43-40-36-33-30-26-22-18-14-10-6-2/h9-11,13-15,20-27,32-37,39,42-43,45-46,48,53,56-57,60,79-81,86H,5-8,12,16-19,28-31,38,40-41,44,47,49-52,54-55,58-59,61-78H2,1-4H3,(H,91,92)(H,93,94)/b13-9-,14-10-,15-11-,24-20-,25-21-,26-22-,27-23-,35-32-,36-33-,37-34-,42-39-,46-43-,48-45-,57-53-,60-56-. The predicted molar refractivity (Wildman–Crippen MR) is 426 cm³/mol. The number of rotatable bonds is 71. The molecule has 0 rings (SSSR count). The Balaban J connectivity index is 5.46. The minimum Gasteiger partial charge on any atom is -0.462 e. The maximum atomic E-state index is 13.1. The van der Waals surface area contributed by atoms with Gasteiger partial charge in [0.05, 0.1) is 26.4 Å². The highest BCUT2D eigenvalue weighted by atomic mass is 31.2. The number of hydrogen-bond acceptors (Lipinski definition) is 15. The Morgan fingerprint density at radius 2 is 0.510 bits per heavy atom. The van der Waals surface area contributed by atoms with E-state index in [9.17, 15) is 43.2 Å². The molecule has 0 aromatic heterocycles. The third-order valence-corrected chi connectivity index (χ3v) is 17.2. The fraction of sp³-hybridized carbons (Fsp3) is 0.600. The van der Waals surface area contributed by atoms with E-state index in [1.165, 1.54) is 12.8 Å². The van der Waals surface area contributed by atoms with Crippen molar-refractivity contribution < 1.29 is 80.2 Å². The molecule has 0 aliphatic carbocycles. The molecule has 0 bridgehead atoms. The molecule has 0 amide bonds. The van der Waals surface area contributed by atoms with Gasteiger partial charge in [0.1, 0.15) is 19.3 Å². The summed E-state index contributed by atoms with van der Waals surface area (Å²) >= 11 is 0. The molecule has 17 nitrogen and oxygen atoms in total. The van der Waals surface area contributed by atoms with E-state index in [-0.39, 0.29) is 25.7 Å². The summed E-state index contributed by atoms with van der Waals surface area (Å²) in [4.78, 5) is 72.9. The van der Waals surface area contributed by atoms with Gasteiger partial charge >= 0.3 is 39.5 Å². The number of phosphoric ester groups is 2. The molecule has 19 heteroatoms. The van der Waals surface area contributed by atoms with Crippen LogP contribution in [0, 0.1) is 0 Å². The van der Waals surface area contributed by atoms with Crippen molar-refractivity contribution in [1.82, 2.24) is 0 Å². The van der Waals surface area contributed by atoms with Gasteiger partial charge in [-0.1, -0.05) is 268 Å². The Bertz CT molecular complexity index is 2690.